The molecule has 0 aliphatic rings. The quantitative estimate of drug-likeness (QED) is 0.0434. The fraction of sp³-hybridized carbons (Fsp3) is 0.955. The van der Waals surface area contributed by atoms with Crippen LogP contribution in [0, 0.1) is 0 Å². The molecule has 6 unspecified atom stereocenters. The van der Waals surface area contributed by atoms with Gasteiger partial charge in [-0.05, 0) is 4.53 Å². The number of carbonyl (C=O) groups excluding carboxylic acids is 1. The Bertz CT molecular complexity index is 2070. The van der Waals surface area contributed by atoms with E-state index < -0.39 is 155 Å². The van der Waals surface area contributed by atoms with Gasteiger partial charge in [-0.15, -0.1) is 4.94 Å². The van der Waals surface area contributed by atoms with Crippen molar-refractivity contribution in [2.24, 2.45) is 0 Å². The summed E-state index contributed by atoms with van der Waals surface area (Å²) in [4.78, 5) is 12.5. The SMILES string of the molecule is O=C(NCN(CCOS(=O)(=O)O)CC(O)CS(=O)(=O)O)C(F)(F)C(F)(OC(F)(F)C(F)(OC(F)(F)C(F)(OC(F)(F)C(F)(OC(F)(F)C(F)(OF)C(F)(F)F)C(F)(F)F)C(F)(F)F)C(F)(F)F)C(F)(F)F. The number of ether oxygens (including phenoxy) is 4. The maximum absolute atomic E-state index is 15.0. The summed E-state index contributed by atoms with van der Waals surface area (Å²) in [5, 5.41) is 9.81. The lowest BCUT2D eigenvalue weighted by Gasteiger charge is -2.44. The summed E-state index contributed by atoms with van der Waals surface area (Å²) in [6.07, 6.45) is -83.2. The molecule has 0 radical (unpaired) electrons. The number of alkyl halides is 30. The summed E-state index contributed by atoms with van der Waals surface area (Å²) in [7, 11) is -10.9. The molecule has 0 saturated carbocycles. The highest BCUT2D eigenvalue weighted by molar-refractivity contribution is 7.85. The minimum atomic E-state index is -9.54. The normalized spacial score (nSPS) is 19.8. The first-order chi connectivity index (χ1) is 30.5. The van der Waals surface area contributed by atoms with E-state index in [4.69, 9.17) is 9.11 Å². The molecule has 0 bridgehead atoms. The largest absolute Gasteiger partial charge is 0.461 e. The summed E-state index contributed by atoms with van der Waals surface area (Å²) >= 11 is 0. The molecule has 0 saturated heterocycles. The highest BCUT2D eigenvalue weighted by Crippen LogP contribution is 2.62. The zero-order chi connectivity index (χ0) is 57.7. The Morgan fingerprint density at radius 1 is 0.493 bits per heavy atom. The maximum Gasteiger partial charge on any atom is 0.461 e. The van der Waals surface area contributed by atoms with Crippen molar-refractivity contribution >= 4 is 26.4 Å². The van der Waals surface area contributed by atoms with Gasteiger partial charge in [0.1, 0.15) is 5.75 Å². The first-order valence-electron chi connectivity index (χ1n) is 15.5. The van der Waals surface area contributed by atoms with Gasteiger partial charge in [-0.3, -0.25) is 37.7 Å². The highest BCUT2D eigenvalue weighted by Gasteiger charge is 2.91. The van der Waals surface area contributed by atoms with Crippen LogP contribution in [0.25, 0.3) is 0 Å². The monoisotopic (exact) mass is 1180 g/mol. The average Bonchev–Trinajstić information content (AvgIpc) is 3.08. The van der Waals surface area contributed by atoms with Crippen LogP contribution in [-0.2, 0) is 53.4 Å². The number of hydrogen-bond donors (Lipinski definition) is 4. The van der Waals surface area contributed by atoms with Crippen LogP contribution in [0.15, 0.2) is 0 Å². The second kappa shape index (κ2) is 20.2. The molecule has 16 nitrogen and oxygen atoms in total. The van der Waals surface area contributed by atoms with Gasteiger partial charge in [0.05, 0.1) is 19.4 Å². The molecule has 0 aliphatic carbocycles. The molecule has 0 aromatic carbocycles. The van der Waals surface area contributed by atoms with E-state index in [1.807, 2.05) is 0 Å². The minimum absolute atomic E-state index is 0.206. The number of nitrogens with one attached hydrogen (secondary N) is 1. The van der Waals surface area contributed by atoms with Gasteiger partial charge in [-0.2, -0.15) is 149 Å². The molecule has 71 heavy (non-hydrogen) atoms. The van der Waals surface area contributed by atoms with Crippen LogP contribution in [-0.4, -0.2) is 171 Å². The Balaban J connectivity index is 7.77. The smallest absolute Gasteiger partial charge is 0.391 e. The van der Waals surface area contributed by atoms with E-state index in [0.717, 1.165) is 19.2 Å². The van der Waals surface area contributed by atoms with Gasteiger partial charge in [-0.1, -0.05) is 0 Å². The first kappa shape index (κ1) is 67.8. The van der Waals surface area contributed by atoms with Gasteiger partial charge in [0.25, 0.3) is 16.0 Å². The van der Waals surface area contributed by atoms with Crippen LogP contribution < -0.4 is 5.32 Å². The zero-order valence-electron chi connectivity index (χ0n) is 31.4. The van der Waals surface area contributed by atoms with E-state index in [2.05, 4.69) is 4.18 Å². The second-order valence-electron chi connectivity index (χ2n) is 12.5. The third-order valence-corrected chi connectivity index (χ3v) is 8.44. The highest BCUT2D eigenvalue weighted by atomic mass is 32.3. The Kier molecular flexibility index (Phi) is 19.2. The summed E-state index contributed by atoms with van der Waals surface area (Å²) in [5.74, 6) is -59.3. The van der Waals surface area contributed by atoms with Crippen LogP contribution in [0.2, 0.25) is 0 Å². The van der Waals surface area contributed by atoms with E-state index in [0.29, 0.717) is 0 Å². The van der Waals surface area contributed by atoms with Crippen molar-refractivity contribution < 1.29 is 200 Å². The molecule has 4 N–H and O–H groups in total. The number of amides is 1. The fourth-order valence-electron chi connectivity index (χ4n) is 3.91. The molecule has 0 aliphatic heterocycles. The summed E-state index contributed by atoms with van der Waals surface area (Å²) in [6, 6.07) is 0. The van der Waals surface area contributed by atoms with Crippen molar-refractivity contribution in [2.75, 3.05) is 32.1 Å². The Labute approximate surface area is 366 Å². The van der Waals surface area contributed by atoms with E-state index >= 15 is 4.39 Å². The molecule has 0 fully saturated rings. The standard InChI is InChI=1S/C22H15F31N2O14S2/c23-8(24,7(57)54-5-55(1-2-64-71(61,62)63)3-6(56)4-70(58,59)60)9(25,14(30,31)32)65-19(45,46)10(26,15(33,34)35)66-20(47,48)11(27,16(36,37)38)67-21(49,50)12(28,17(39,40)41)68-22(51,52)13(29,69-53)18(42,43)44/h6,56H,1-5H2,(H,54,57)(H,58,59,60)(H,61,62,63). The van der Waals surface area contributed by atoms with Crippen LogP contribution in [0.3, 0.4) is 0 Å². The molecule has 6 atom stereocenters. The Hall–Kier alpha value is -3.20. The molecule has 0 heterocycles. The summed E-state index contributed by atoms with van der Waals surface area (Å²) in [6.45, 7) is -7.13. The lowest BCUT2D eigenvalue weighted by Crippen LogP contribution is -2.73. The molecule has 0 rings (SSSR count). The molecule has 0 spiro atoms. The number of carbonyl (C=O) groups is 1. The number of nitrogens with zero attached hydrogens (tertiary/aromatic N) is 1. The second-order valence-corrected chi connectivity index (χ2v) is 15.1. The van der Waals surface area contributed by atoms with Gasteiger partial charge >= 0.3 is 101 Å². The number of aliphatic hydroxyl groups excluding tert-OH is 1. The van der Waals surface area contributed by atoms with Crippen LogP contribution in [0.5, 0.6) is 0 Å². The lowest BCUT2D eigenvalue weighted by atomic mass is 10.1. The van der Waals surface area contributed by atoms with Gasteiger partial charge < -0.3 is 10.4 Å². The van der Waals surface area contributed by atoms with E-state index in [1.165, 1.54) is 4.74 Å². The lowest BCUT2D eigenvalue weighted by molar-refractivity contribution is -0.599. The van der Waals surface area contributed by atoms with E-state index in [1.54, 1.807) is 0 Å². The molecule has 426 valence electrons. The van der Waals surface area contributed by atoms with Crippen molar-refractivity contribution in [1.82, 2.24) is 10.2 Å². The van der Waals surface area contributed by atoms with Crippen molar-refractivity contribution in [1.29, 1.82) is 0 Å². The average molecular weight is 1180 g/mol. The number of halogens is 31. The van der Waals surface area contributed by atoms with Gasteiger partial charge in [-0.25, -0.2) is 4.18 Å². The maximum atomic E-state index is 15.0. The van der Waals surface area contributed by atoms with Gasteiger partial charge in [0.15, 0.2) is 0 Å². The number of hydrogen-bond acceptors (Lipinski definition) is 13. The van der Waals surface area contributed by atoms with Crippen molar-refractivity contribution in [3.8, 4) is 0 Å². The van der Waals surface area contributed by atoms with E-state index in [9.17, 15) is 159 Å². The third-order valence-electron chi connectivity index (χ3n) is 7.17. The molecule has 0 aromatic rings. The topological polar surface area (TPSA) is 217 Å². The van der Waals surface area contributed by atoms with Crippen molar-refractivity contribution in [3.05, 3.63) is 0 Å². The third kappa shape index (κ3) is 14.1. The zero-order valence-corrected chi connectivity index (χ0v) is 33.1. The Morgan fingerprint density at radius 2 is 0.775 bits per heavy atom. The molecule has 49 heteroatoms. The van der Waals surface area contributed by atoms with E-state index in [-0.39, 0.29) is 10.2 Å². The van der Waals surface area contributed by atoms with Crippen molar-refractivity contribution in [3.63, 3.8) is 0 Å². The predicted molar refractivity (Wildman–Crippen MR) is 145 cm³/mol. The minimum Gasteiger partial charge on any atom is -0.391 e. The Morgan fingerprint density at radius 3 is 1.03 bits per heavy atom. The van der Waals surface area contributed by atoms with Crippen molar-refractivity contribution in [2.45, 2.75) is 96.6 Å². The molecular formula is C22H15F31N2O14S2. The summed E-state index contributed by atoms with van der Waals surface area (Å²) in [5.41, 5.74) is 0. The van der Waals surface area contributed by atoms with Crippen LogP contribution in [0.4, 0.5) is 136 Å². The number of aliphatic hydroxyl groups is 1. The first-order valence-corrected chi connectivity index (χ1v) is 18.5. The van der Waals surface area contributed by atoms with Gasteiger partial charge in [0.2, 0.25) is 0 Å². The molecule has 0 aromatic heterocycles. The van der Waals surface area contributed by atoms with Crippen LogP contribution in [0.1, 0.15) is 0 Å². The number of rotatable bonds is 25. The van der Waals surface area contributed by atoms with Gasteiger partial charge in [0, 0.05) is 13.1 Å². The predicted octanol–water partition coefficient (Wildman–Crippen LogP) is 6.54. The fourth-order valence-corrected chi connectivity index (χ4v) is 4.79. The van der Waals surface area contributed by atoms with Crippen LogP contribution >= 0.6 is 0 Å². The molecular weight excluding hydrogens is 1170 g/mol. The molecule has 1 amide bonds. The summed E-state index contributed by atoms with van der Waals surface area (Å²) < 4.78 is 496.